The standard InChI is InChI=1S/C24H28ClN5OS/c1-15-13-18(16(2)30(15)20-14-17(25)8-9-21(20)31)23-22(19-7-5-6-10-26-19)27-24(32)29(23)12-11-28(3)4/h5-10,13-14,22-23,31H,11-12H2,1-4H3,(H,27,32)/t22-,23+/m1/s1. The first-order valence-corrected chi connectivity index (χ1v) is 11.4. The highest BCUT2D eigenvalue weighted by Gasteiger charge is 2.41. The molecule has 3 aromatic rings. The van der Waals surface area contributed by atoms with Gasteiger partial charge in [-0.15, -0.1) is 0 Å². The summed E-state index contributed by atoms with van der Waals surface area (Å²) in [4.78, 5) is 9.02. The number of nitrogens with zero attached hydrogens (tertiary/aromatic N) is 4. The third-order valence-corrected chi connectivity index (χ3v) is 6.54. The van der Waals surface area contributed by atoms with Gasteiger partial charge in [0.1, 0.15) is 5.75 Å². The number of thiocarbonyl (C=S) groups is 1. The number of hydrogen-bond acceptors (Lipinski definition) is 4. The lowest BCUT2D eigenvalue weighted by Crippen LogP contribution is -2.35. The van der Waals surface area contributed by atoms with Gasteiger partial charge in [0.15, 0.2) is 5.11 Å². The summed E-state index contributed by atoms with van der Waals surface area (Å²) < 4.78 is 2.05. The number of likely N-dealkylation sites (N-methyl/N-ethyl adjacent to an activating group) is 1. The second-order valence-corrected chi connectivity index (χ2v) is 9.24. The Balaban J connectivity index is 1.83. The third kappa shape index (κ3) is 4.20. The van der Waals surface area contributed by atoms with Crippen LogP contribution < -0.4 is 5.32 Å². The number of aromatic nitrogens is 2. The van der Waals surface area contributed by atoms with Crippen LogP contribution in [0.15, 0.2) is 48.7 Å². The van der Waals surface area contributed by atoms with Crippen molar-refractivity contribution in [1.82, 2.24) is 24.7 Å². The summed E-state index contributed by atoms with van der Waals surface area (Å²) in [5.41, 5.74) is 4.81. The van der Waals surface area contributed by atoms with Crippen LogP contribution in [-0.4, -0.2) is 56.8 Å². The molecule has 2 aromatic heterocycles. The van der Waals surface area contributed by atoms with E-state index >= 15 is 0 Å². The smallest absolute Gasteiger partial charge is 0.170 e. The Morgan fingerprint density at radius 3 is 2.66 bits per heavy atom. The Morgan fingerprint density at radius 1 is 1.19 bits per heavy atom. The molecule has 0 amide bonds. The molecule has 0 radical (unpaired) electrons. The number of pyridine rings is 1. The maximum Gasteiger partial charge on any atom is 0.170 e. The van der Waals surface area contributed by atoms with Gasteiger partial charge in [0.05, 0.1) is 23.5 Å². The van der Waals surface area contributed by atoms with Crippen molar-refractivity contribution in [1.29, 1.82) is 0 Å². The maximum atomic E-state index is 10.5. The Morgan fingerprint density at radius 2 is 1.97 bits per heavy atom. The zero-order chi connectivity index (χ0) is 23.0. The molecule has 32 heavy (non-hydrogen) atoms. The number of phenols is 1. The summed E-state index contributed by atoms with van der Waals surface area (Å²) in [5, 5.41) is 15.4. The van der Waals surface area contributed by atoms with E-state index in [0.29, 0.717) is 10.7 Å². The lowest BCUT2D eigenvalue weighted by Gasteiger charge is -2.29. The predicted molar refractivity (Wildman–Crippen MR) is 133 cm³/mol. The fourth-order valence-electron chi connectivity index (χ4n) is 4.43. The van der Waals surface area contributed by atoms with Crippen molar-refractivity contribution >= 4 is 28.9 Å². The second-order valence-electron chi connectivity index (χ2n) is 8.42. The van der Waals surface area contributed by atoms with Crippen LogP contribution in [0.25, 0.3) is 5.69 Å². The molecule has 0 aliphatic carbocycles. The molecule has 8 heteroatoms. The first kappa shape index (κ1) is 22.6. The maximum absolute atomic E-state index is 10.5. The Labute approximate surface area is 199 Å². The quantitative estimate of drug-likeness (QED) is 0.522. The van der Waals surface area contributed by atoms with Gasteiger partial charge in [0.2, 0.25) is 0 Å². The number of rotatable bonds is 6. The van der Waals surface area contributed by atoms with E-state index in [1.165, 1.54) is 0 Å². The highest BCUT2D eigenvalue weighted by molar-refractivity contribution is 7.80. The zero-order valence-electron chi connectivity index (χ0n) is 18.7. The fraction of sp³-hybridized carbons (Fsp3) is 0.333. The fourth-order valence-corrected chi connectivity index (χ4v) is 4.92. The van der Waals surface area contributed by atoms with Crippen LogP contribution in [-0.2, 0) is 0 Å². The SMILES string of the molecule is Cc1cc([C@H]2[C@@H](c3ccccn3)NC(=S)N2CCN(C)C)c(C)n1-c1cc(Cl)ccc1O. The van der Waals surface area contributed by atoms with Crippen LogP contribution in [0.4, 0.5) is 0 Å². The van der Waals surface area contributed by atoms with Gasteiger partial charge in [-0.2, -0.15) is 0 Å². The number of aryl methyl sites for hydroxylation is 1. The molecule has 1 fully saturated rings. The minimum atomic E-state index is -0.0761. The van der Waals surface area contributed by atoms with Crippen LogP contribution in [0.3, 0.4) is 0 Å². The molecule has 4 rings (SSSR count). The van der Waals surface area contributed by atoms with Crippen LogP contribution in [0.1, 0.15) is 34.7 Å². The van der Waals surface area contributed by atoms with Gasteiger partial charge in [-0.05, 0) is 82.1 Å². The van der Waals surface area contributed by atoms with Crippen LogP contribution in [0.2, 0.25) is 5.02 Å². The summed E-state index contributed by atoms with van der Waals surface area (Å²) in [6.45, 7) is 5.78. The van der Waals surface area contributed by atoms with E-state index in [1.807, 2.05) is 31.3 Å². The van der Waals surface area contributed by atoms with E-state index in [1.54, 1.807) is 18.2 Å². The lowest BCUT2D eigenvalue weighted by atomic mass is 9.96. The van der Waals surface area contributed by atoms with E-state index < -0.39 is 0 Å². The van der Waals surface area contributed by atoms with Crippen LogP contribution >= 0.6 is 23.8 Å². The minimum Gasteiger partial charge on any atom is -0.506 e. The highest BCUT2D eigenvalue weighted by Crippen LogP contribution is 2.42. The molecule has 168 valence electrons. The molecule has 0 unspecified atom stereocenters. The Kier molecular flexibility index (Phi) is 6.42. The van der Waals surface area contributed by atoms with Crippen molar-refractivity contribution < 1.29 is 5.11 Å². The number of halogens is 1. The van der Waals surface area contributed by atoms with Gasteiger partial charge < -0.3 is 24.8 Å². The molecule has 1 aromatic carbocycles. The Hall–Kier alpha value is -2.61. The van der Waals surface area contributed by atoms with Gasteiger partial charge in [-0.1, -0.05) is 17.7 Å². The van der Waals surface area contributed by atoms with Gasteiger partial charge in [-0.25, -0.2) is 0 Å². The summed E-state index contributed by atoms with van der Waals surface area (Å²) in [6, 6.07) is 13.1. The monoisotopic (exact) mass is 469 g/mol. The van der Waals surface area contributed by atoms with Gasteiger partial charge in [-0.3, -0.25) is 4.98 Å². The number of benzene rings is 1. The molecule has 3 heterocycles. The van der Waals surface area contributed by atoms with E-state index in [-0.39, 0.29) is 17.8 Å². The lowest BCUT2D eigenvalue weighted by molar-refractivity contribution is 0.277. The van der Waals surface area contributed by atoms with E-state index in [2.05, 4.69) is 51.8 Å². The number of hydrogen-bond donors (Lipinski definition) is 2. The molecule has 1 aliphatic heterocycles. The number of aromatic hydroxyl groups is 1. The van der Waals surface area contributed by atoms with Crippen LogP contribution in [0.5, 0.6) is 5.75 Å². The minimum absolute atomic E-state index is 0.0290. The van der Waals surface area contributed by atoms with E-state index in [0.717, 1.165) is 40.8 Å². The average molecular weight is 470 g/mol. The van der Waals surface area contributed by atoms with Crippen molar-refractivity contribution in [2.75, 3.05) is 27.2 Å². The van der Waals surface area contributed by atoms with Crippen molar-refractivity contribution in [2.24, 2.45) is 0 Å². The molecule has 0 bridgehead atoms. The molecule has 2 atom stereocenters. The largest absolute Gasteiger partial charge is 0.506 e. The van der Waals surface area contributed by atoms with Crippen LogP contribution in [0, 0.1) is 13.8 Å². The molecular formula is C24H28ClN5OS. The Bertz CT molecular complexity index is 1130. The molecular weight excluding hydrogens is 442 g/mol. The van der Waals surface area contributed by atoms with Gasteiger partial charge in [0.25, 0.3) is 0 Å². The average Bonchev–Trinajstić information content (AvgIpc) is 3.24. The second kappa shape index (κ2) is 9.10. The van der Waals surface area contributed by atoms with Gasteiger partial charge in [0, 0.05) is 35.7 Å². The normalized spacial score (nSPS) is 18.4. The number of nitrogens with one attached hydrogen (secondary N) is 1. The highest BCUT2D eigenvalue weighted by atomic mass is 35.5. The molecule has 2 N–H and O–H groups in total. The molecule has 1 aliphatic rings. The molecule has 6 nitrogen and oxygen atoms in total. The van der Waals surface area contributed by atoms with Crippen molar-refractivity contribution in [3.8, 4) is 11.4 Å². The molecule has 0 saturated carbocycles. The first-order valence-electron chi connectivity index (χ1n) is 10.6. The third-order valence-electron chi connectivity index (χ3n) is 5.95. The summed E-state index contributed by atoms with van der Waals surface area (Å²) >= 11 is 12.0. The predicted octanol–water partition coefficient (Wildman–Crippen LogP) is 4.38. The van der Waals surface area contributed by atoms with Gasteiger partial charge >= 0.3 is 0 Å². The van der Waals surface area contributed by atoms with Crippen molar-refractivity contribution in [2.45, 2.75) is 25.9 Å². The summed E-state index contributed by atoms with van der Waals surface area (Å²) in [7, 11) is 4.12. The zero-order valence-corrected chi connectivity index (χ0v) is 20.3. The van der Waals surface area contributed by atoms with E-state index in [9.17, 15) is 5.11 Å². The summed E-state index contributed by atoms with van der Waals surface area (Å²) in [6.07, 6.45) is 1.81. The van der Waals surface area contributed by atoms with Crippen molar-refractivity contribution in [3.05, 3.63) is 76.3 Å². The molecule has 0 spiro atoms. The first-order chi connectivity index (χ1) is 15.3. The van der Waals surface area contributed by atoms with Crippen molar-refractivity contribution in [3.63, 3.8) is 0 Å². The molecule has 1 saturated heterocycles. The topological polar surface area (TPSA) is 56.6 Å². The summed E-state index contributed by atoms with van der Waals surface area (Å²) in [5.74, 6) is 0.188. The number of phenolic OH excluding ortho intramolecular Hbond substituents is 1. The van der Waals surface area contributed by atoms with E-state index in [4.69, 9.17) is 23.8 Å².